The van der Waals surface area contributed by atoms with Crippen molar-refractivity contribution in [3.8, 4) is 0 Å². The molecule has 3 rings (SSSR count). The van der Waals surface area contributed by atoms with Gasteiger partial charge in [-0.15, -0.1) is 0 Å². The summed E-state index contributed by atoms with van der Waals surface area (Å²) in [4.78, 5) is 49.9. The van der Waals surface area contributed by atoms with Crippen LogP contribution in [0.5, 0.6) is 0 Å². The number of fused-ring (bicyclic) bond motifs is 3. The maximum absolute atomic E-state index is 12.8. The normalized spacial score (nSPS) is 34.1. The molecule has 0 saturated carbocycles. The Labute approximate surface area is 169 Å². The first-order valence-corrected chi connectivity index (χ1v) is 9.71. The van der Waals surface area contributed by atoms with Gasteiger partial charge in [-0.3, -0.25) is 14.4 Å². The third-order valence-electron chi connectivity index (χ3n) is 6.18. The molecule has 0 aromatic rings. The highest BCUT2D eigenvalue weighted by Crippen LogP contribution is 2.53. The lowest BCUT2D eigenvalue weighted by Gasteiger charge is -2.38. The van der Waals surface area contributed by atoms with Gasteiger partial charge in [0.25, 0.3) is 0 Å². The van der Waals surface area contributed by atoms with Gasteiger partial charge in [0.05, 0.1) is 17.4 Å². The van der Waals surface area contributed by atoms with Gasteiger partial charge in [0.15, 0.2) is 17.5 Å². The monoisotopic (exact) mass is 402 g/mol. The van der Waals surface area contributed by atoms with Crippen molar-refractivity contribution in [1.29, 1.82) is 0 Å². The predicted molar refractivity (Wildman–Crippen MR) is 102 cm³/mol. The van der Waals surface area contributed by atoms with Crippen LogP contribution < -0.4 is 0 Å². The number of carbonyl (C=O) groups is 4. The zero-order valence-electron chi connectivity index (χ0n) is 17.5. The Morgan fingerprint density at radius 2 is 1.90 bits per heavy atom. The molecule has 1 aliphatic heterocycles. The standard InChI is InChI=1S/C22H26O7/c1-7-10(2)20(25)27-16-8-11(3)18-15(24)9-12(4)22(18,29-14(6)23)19-17(16)13(5)21(26)28-19/h7,9,13,16-17,19H,8H2,1-6H3/b10-7+/t13-,16+,17-,19-,22+/m1/s1. The summed E-state index contributed by atoms with van der Waals surface area (Å²) in [5, 5.41) is 0. The van der Waals surface area contributed by atoms with Crippen LogP contribution in [0.1, 0.15) is 48.0 Å². The van der Waals surface area contributed by atoms with Gasteiger partial charge in [0.1, 0.15) is 6.10 Å². The lowest BCUT2D eigenvalue weighted by molar-refractivity contribution is -0.171. The molecule has 29 heavy (non-hydrogen) atoms. The summed E-state index contributed by atoms with van der Waals surface area (Å²) in [5.41, 5.74) is 0.396. The van der Waals surface area contributed by atoms with E-state index in [1.54, 1.807) is 40.7 Å². The topological polar surface area (TPSA) is 96.0 Å². The van der Waals surface area contributed by atoms with E-state index in [0.29, 0.717) is 22.3 Å². The first-order valence-electron chi connectivity index (χ1n) is 9.71. The molecule has 0 amide bonds. The number of ketones is 1. The van der Waals surface area contributed by atoms with Crippen molar-refractivity contribution in [3.05, 3.63) is 34.4 Å². The van der Waals surface area contributed by atoms with E-state index in [1.807, 2.05) is 0 Å². The van der Waals surface area contributed by atoms with Gasteiger partial charge >= 0.3 is 17.9 Å². The minimum Gasteiger partial charge on any atom is -0.458 e. The Bertz CT molecular complexity index is 891. The Kier molecular flexibility index (Phi) is 5.28. The number of rotatable bonds is 3. The fourth-order valence-corrected chi connectivity index (χ4v) is 4.68. The van der Waals surface area contributed by atoms with Crippen LogP contribution in [0.3, 0.4) is 0 Å². The maximum Gasteiger partial charge on any atom is 0.333 e. The lowest BCUT2D eigenvalue weighted by Crippen LogP contribution is -2.52. The molecule has 2 aliphatic carbocycles. The predicted octanol–water partition coefficient (Wildman–Crippen LogP) is 2.59. The van der Waals surface area contributed by atoms with E-state index in [2.05, 4.69) is 0 Å². The van der Waals surface area contributed by atoms with E-state index in [1.165, 1.54) is 13.0 Å². The Morgan fingerprint density at radius 1 is 1.24 bits per heavy atom. The van der Waals surface area contributed by atoms with Crippen LogP contribution in [0.4, 0.5) is 0 Å². The van der Waals surface area contributed by atoms with Gasteiger partial charge in [0, 0.05) is 18.9 Å². The number of carbonyl (C=O) groups excluding carboxylic acids is 4. The number of hydrogen-bond donors (Lipinski definition) is 0. The second kappa shape index (κ2) is 7.28. The van der Waals surface area contributed by atoms with E-state index in [-0.39, 0.29) is 12.2 Å². The molecule has 1 saturated heterocycles. The highest BCUT2D eigenvalue weighted by atomic mass is 16.6. The zero-order chi connectivity index (χ0) is 21.7. The third-order valence-corrected chi connectivity index (χ3v) is 6.18. The number of ether oxygens (including phenoxy) is 3. The average Bonchev–Trinajstić information content (AvgIpc) is 3.03. The third kappa shape index (κ3) is 3.12. The van der Waals surface area contributed by atoms with Crippen molar-refractivity contribution in [2.45, 2.75) is 65.8 Å². The fourth-order valence-electron chi connectivity index (χ4n) is 4.68. The fraction of sp³-hybridized carbons (Fsp3) is 0.545. The number of esters is 3. The molecular weight excluding hydrogens is 376 g/mol. The molecule has 0 N–H and O–H groups in total. The molecule has 0 aromatic heterocycles. The van der Waals surface area contributed by atoms with Crippen LogP contribution in [0.2, 0.25) is 0 Å². The summed E-state index contributed by atoms with van der Waals surface area (Å²) in [6, 6.07) is 0. The van der Waals surface area contributed by atoms with Gasteiger partial charge in [-0.1, -0.05) is 18.6 Å². The molecule has 0 aromatic carbocycles. The van der Waals surface area contributed by atoms with Crippen molar-refractivity contribution in [1.82, 2.24) is 0 Å². The van der Waals surface area contributed by atoms with Crippen LogP contribution in [-0.2, 0) is 33.4 Å². The molecule has 0 radical (unpaired) electrons. The lowest BCUT2D eigenvalue weighted by atomic mass is 9.76. The van der Waals surface area contributed by atoms with E-state index < -0.39 is 47.6 Å². The van der Waals surface area contributed by atoms with Crippen molar-refractivity contribution in [2.24, 2.45) is 11.8 Å². The molecule has 1 fully saturated rings. The zero-order valence-corrected chi connectivity index (χ0v) is 17.5. The Hall–Kier alpha value is -2.70. The summed E-state index contributed by atoms with van der Waals surface area (Å²) < 4.78 is 17.2. The molecule has 5 atom stereocenters. The van der Waals surface area contributed by atoms with Crippen LogP contribution in [0.15, 0.2) is 34.4 Å². The summed E-state index contributed by atoms with van der Waals surface area (Å²) in [7, 11) is 0. The van der Waals surface area contributed by atoms with Gasteiger partial charge in [-0.05, 0) is 39.3 Å². The summed E-state index contributed by atoms with van der Waals surface area (Å²) >= 11 is 0. The minimum absolute atomic E-state index is 0.246. The summed E-state index contributed by atoms with van der Waals surface area (Å²) in [5.74, 6) is -3.00. The molecule has 0 bridgehead atoms. The molecule has 7 nitrogen and oxygen atoms in total. The van der Waals surface area contributed by atoms with Gasteiger partial charge in [-0.2, -0.15) is 0 Å². The minimum atomic E-state index is -1.49. The summed E-state index contributed by atoms with van der Waals surface area (Å²) in [6.07, 6.45) is 1.66. The second-order valence-corrected chi connectivity index (χ2v) is 8.02. The van der Waals surface area contributed by atoms with E-state index in [0.717, 1.165) is 0 Å². The Balaban J connectivity index is 2.18. The molecule has 0 unspecified atom stereocenters. The van der Waals surface area contributed by atoms with Crippen LogP contribution >= 0.6 is 0 Å². The van der Waals surface area contributed by atoms with E-state index in [9.17, 15) is 19.2 Å². The van der Waals surface area contributed by atoms with Crippen molar-refractivity contribution >= 4 is 23.7 Å². The molecule has 3 aliphatic rings. The second-order valence-electron chi connectivity index (χ2n) is 8.02. The average molecular weight is 402 g/mol. The Morgan fingerprint density at radius 3 is 2.48 bits per heavy atom. The largest absolute Gasteiger partial charge is 0.458 e. The van der Waals surface area contributed by atoms with Crippen molar-refractivity contribution in [2.75, 3.05) is 0 Å². The molecule has 0 spiro atoms. The van der Waals surface area contributed by atoms with Crippen LogP contribution in [0.25, 0.3) is 0 Å². The van der Waals surface area contributed by atoms with Crippen molar-refractivity contribution in [3.63, 3.8) is 0 Å². The first-order chi connectivity index (χ1) is 13.5. The molecule has 1 heterocycles. The first kappa shape index (κ1) is 21.0. The summed E-state index contributed by atoms with van der Waals surface area (Å²) in [6.45, 7) is 9.78. The van der Waals surface area contributed by atoms with Gasteiger partial charge < -0.3 is 14.2 Å². The van der Waals surface area contributed by atoms with Gasteiger partial charge in [-0.25, -0.2) is 4.79 Å². The van der Waals surface area contributed by atoms with Crippen LogP contribution in [0, 0.1) is 11.8 Å². The molecule has 156 valence electrons. The highest BCUT2D eigenvalue weighted by molar-refractivity contribution is 6.11. The smallest absolute Gasteiger partial charge is 0.333 e. The maximum atomic E-state index is 12.8. The van der Waals surface area contributed by atoms with E-state index >= 15 is 0 Å². The van der Waals surface area contributed by atoms with E-state index in [4.69, 9.17) is 14.2 Å². The number of allylic oxidation sites excluding steroid dienone is 2. The van der Waals surface area contributed by atoms with Crippen LogP contribution in [-0.4, -0.2) is 41.5 Å². The molecule has 7 heteroatoms. The molecular formula is C22H26O7. The van der Waals surface area contributed by atoms with Gasteiger partial charge in [0.2, 0.25) is 0 Å². The number of hydrogen-bond acceptors (Lipinski definition) is 7. The highest BCUT2D eigenvalue weighted by Gasteiger charge is 2.65. The SMILES string of the molecule is C/C=C(\C)C(=O)O[C@H]1CC(C)=C2C(=O)C=C(C)[C@@]2(OC(C)=O)[C@@H]2OC(=O)[C@H](C)[C@H]12. The van der Waals surface area contributed by atoms with Crippen molar-refractivity contribution < 1.29 is 33.4 Å². The quantitative estimate of drug-likeness (QED) is 0.407.